The zero-order chi connectivity index (χ0) is 21.6. The molecule has 7 nitrogen and oxygen atoms in total. The van der Waals surface area contributed by atoms with E-state index in [0.717, 1.165) is 24.2 Å². The largest absolute Gasteiger partial charge is 0.491 e. The summed E-state index contributed by atoms with van der Waals surface area (Å²) < 4.78 is 38.9. The summed E-state index contributed by atoms with van der Waals surface area (Å²) in [4.78, 5) is 12.3. The van der Waals surface area contributed by atoms with Crippen LogP contribution in [0.3, 0.4) is 0 Å². The molecule has 3 rings (SSSR count). The lowest BCUT2D eigenvalue weighted by Gasteiger charge is -2.13. The number of nitrogens with one attached hydrogen (secondary N) is 2. The summed E-state index contributed by atoms with van der Waals surface area (Å²) in [5, 5.41) is 2.77. The van der Waals surface area contributed by atoms with E-state index in [0.29, 0.717) is 6.61 Å². The Morgan fingerprint density at radius 2 is 2.07 bits per heavy atom. The maximum atomic E-state index is 12.6. The highest BCUT2D eigenvalue weighted by Crippen LogP contribution is 2.23. The number of hydrogen-bond donors (Lipinski definition) is 2. The topological polar surface area (TPSA) is 93.7 Å². The van der Waals surface area contributed by atoms with Crippen molar-refractivity contribution >= 4 is 27.5 Å². The zero-order valence-corrected chi connectivity index (χ0v) is 18.3. The summed E-state index contributed by atoms with van der Waals surface area (Å²) in [6, 6.07) is 11.8. The molecule has 1 fully saturated rings. The Labute approximate surface area is 181 Å². The number of aryl methyl sites for hydroxylation is 1. The molecule has 1 saturated heterocycles. The van der Waals surface area contributed by atoms with E-state index in [-0.39, 0.29) is 41.3 Å². The molecule has 1 atom stereocenters. The number of carbonyl (C=O) groups excluding carboxylic acids is 1. The highest BCUT2D eigenvalue weighted by molar-refractivity contribution is 7.89. The van der Waals surface area contributed by atoms with Crippen LogP contribution in [-0.4, -0.2) is 46.7 Å². The first kappa shape index (κ1) is 22.6. The number of rotatable bonds is 9. The Kier molecular flexibility index (Phi) is 7.71. The van der Waals surface area contributed by atoms with Crippen molar-refractivity contribution < 1.29 is 22.7 Å². The lowest BCUT2D eigenvalue weighted by molar-refractivity contribution is 0.0946. The second kappa shape index (κ2) is 10.3. The van der Waals surface area contributed by atoms with Crippen LogP contribution in [-0.2, 0) is 14.8 Å². The molecule has 1 unspecified atom stereocenters. The summed E-state index contributed by atoms with van der Waals surface area (Å²) in [6.45, 7) is 3.31. The molecule has 9 heteroatoms. The second-order valence-corrected chi connectivity index (χ2v) is 9.14. The third kappa shape index (κ3) is 5.95. The van der Waals surface area contributed by atoms with E-state index >= 15 is 0 Å². The molecule has 0 saturated carbocycles. The number of benzene rings is 2. The van der Waals surface area contributed by atoms with E-state index in [9.17, 15) is 13.2 Å². The monoisotopic (exact) mass is 452 g/mol. The SMILES string of the molecule is Cc1ccccc1OCCNC(=O)c1ccc(Cl)c(S(=O)(=O)NCC2CCCO2)c1. The van der Waals surface area contributed by atoms with Gasteiger partial charge in [0, 0.05) is 18.7 Å². The van der Waals surface area contributed by atoms with Crippen molar-refractivity contribution in [1.29, 1.82) is 0 Å². The van der Waals surface area contributed by atoms with Gasteiger partial charge < -0.3 is 14.8 Å². The minimum atomic E-state index is -3.87. The van der Waals surface area contributed by atoms with Gasteiger partial charge in [0.15, 0.2) is 0 Å². The third-order valence-electron chi connectivity index (χ3n) is 4.75. The summed E-state index contributed by atoms with van der Waals surface area (Å²) >= 11 is 6.09. The van der Waals surface area contributed by atoms with Gasteiger partial charge in [0.25, 0.3) is 5.91 Å². The van der Waals surface area contributed by atoms with Crippen LogP contribution in [0.2, 0.25) is 5.02 Å². The molecule has 2 aromatic carbocycles. The lowest BCUT2D eigenvalue weighted by Crippen LogP contribution is -2.32. The van der Waals surface area contributed by atoms with Crippen LogP contribution < -0.4 is 14.8 Å². The van der Waals surface area contributed by atoms with Crippen molar-refractivity contribution in [3.8, 4) is 5.75 Å². The van der Waals surface area contributed by atoms with Crippen LogP contribution in [0.4, 0.5) is 0 Å². The van der Waals surface area contributed by atoms with Crippen LogP contribution in [0.1, 0.15) is 28.8 Å². The first-order chi connectivity index (χ1) is 14.4. The predicted molar refractivity (Wildman–Crippen MR) is 115 cm³/mol. The van der Waals surface area contributed by atoms with Crippen molar-refractivity contribution in [3.63, 3.8) is 0 Å². The molecular formula is C21H25ClN2O5S. The Morgan fingerprint density at radius 3 is 2.80 bits per heavy atom. The van der Waals surface area contributed by atoms with Gasteiger partial charge in [-0.3, -0.25) is 4.79 Å². The molecule has 2 N–H and O–H groups in total. The molecule has 1 amide bonds. The molecule has 0 radical (unpaired) electrons. The maximum Gasteiger partial charge on any atom is 0.251 e. The van der Waals surface area contributed by atoms with Gasteiger partial charge >= 0.3 is 0 Å². The minimum Gasteiger partial charge on any atom is -0.491 e. The number of para-hydroxylation sites is 1. The van der Waals surface area contributed by atoms with Crippen molar-refractivity contribution in [2.24, 2.45) is 0 Å². The number of sulfonamides is 1. The quantitative estimate of drug-likeness (QED) is 0.570. The molecule has 0 aliphatic carbocycles. The Hall–Kier alpha value is -2.13. The van der Waals surface area contributed by atoms with E-state index in [1.807, 2.05) is 31.2 Å². The number of amides is 1. The lowest BCUT2D eigenvalue weighted by atomic mass is 10.2. The molecule has 1 aliphatic rings. The van der Waals surface area contributed by atoms with E-state index in [1.54, 1.807) is 0 Å². The smallest absolute Gasteiger partial charge is 0.251 e. The normalized spacial score (nSPS) is 16.4. The van der Waals surface area contributed by atoms with Crippen molar-refractivity contribution in [2.45, 2.75) is 30.8 Å². The average Bonchev–Trinajstić information content (AvgIpc) is 3.25. The summed E-state index contributed by atoms with van der Waals surface area (Å²) in [5.41, 5.74) is 1.21. The van der Waals surface area contributed by atoms with Gasteiger partial charge in [0.05, 0.1) is 17.7 Å². The van der Waals surface area contributed by atoms with Gasteiger partial charge in [-0.25, -0.2) is 13.1 Å². The van der Waals surface area contributed by atoms with Gasteiger partial charge in [0.2, 0.25) is 10.0 Å². The van der Waals surface area contributed by atoms with E-state index < -0.39 is 15.9 Å². The Morgan fingerprint density at radius 1 is 1.27 bits per heavy atom. The van der Waals surface area contributed by atoms with E-state index in [4.69, 9.17) is 21.1 Å². The molecule has 0 aromatic heterocycles. The molecule has 0 bridgehead atoms. The third-order valence-corrected chi connectivity index (χ3v) is 6.65. The molecule has 162 valence electrons. The highest BCUT2D eigenvalue weighted by Gasteiger charge is 2.23. The Balaban J connectivity index is 1.57. The van der Waals surface area contributed by atoms with Crippen molar-refractivity contribution in [1.82, 2.24) is 10.0 Å². The number of halogens is 1. The zero-order valence-electron chi connectivity index (χ0n) is 16.7. The van der Waals surface area contributed by atoms with Crippen LogP contribution in [0.25, 0.3) is 0 Å². The number of hydrogen-bond acceptors (Lipinski definition) is 5. The fourth-order valence-electron chi connectivity index (χ4n) is 3.08. The standard InChI is InChI=1S/C21H25ClN2O5S/c1-15-5-2-3-7-19(15)29-12-10-23-21(25)16-8-9-18(22)20(13-16)30(26,27)24-14-17-6-4-11-28-17/h2-3,5,7-9,13,17,24H,4,6,10-12,14H2,1H3,(H,23,25). The minimum absolute atomic E-state index is 0.0503. The van der Waals surface area contributed by atoms with Crippen LogP contribution in [0.5, 0.6) is 5.75 Å². The maximum absolute atomic E-state index is 12.6. The molecule has 1 heterocycles. The van der Waals surface area contributed by atoms with Crippen LogP contribution in [0.15, 0.2) is 47.4 Å². The van der Waals surface area contributed by atoms with Gasteiger partial charge in [-0.05, 0) is 49.6 Å². The second-order valence-electron chi connectivity index (χ2n) is 7.00. The van der Waals surface area contributed by atoms with E-state index in [2.05, 4.69) is 10.0 Å². The van der Waals surface area contributed by atoms with Crippen LogP contribution in [0, 0.1) is 6.92 Å². The van der Waals surface area contributed by atoms with Gasteiger partial charge in [-0.1, -0.05) is 29.8 Å². The molecule has 30 heavy (non-hydrogen) atoms. The van der Waals surface area contributed by atoms with Crippen molar-refractivity contribution in [2.75, 3.05) is 26.3 Å². The average molecular weight is 453 g/mol. The highest BCUT2D eigenvalue weighted by atomic mass is 35.5. The Bertz CT molecular complexity index is 991. The van der Waals surface area contributed by atoms with E-state index in [1.165, 1.54) is 18.2 Å². The van der Waals surface area contributed by atoms with Gasteiger partial charge in [-0.15, -0.1) is 0 Å². The molecule has 2 aromatic rings. The van der Waals surface area contributed by atoms with Crippen molar-refractivity contribution in [3.05, 3.63) is 58.6 Å². The summed E-state index contributed by atoms with van der Waals surface area (Å²) in [7, 11) is -3.87. The van der Waals surface area contributed by atoms with Crippen LogP contribution >= 0.6 is 11.6 Å². The molecule has 1 aliphatic heterocycles. The molecule has 0 spiro atoms. The first-order valence-corrected chi connectivity index (χ1v) is 11.6. The fraction of sp³-hybridized carbons (Fsp3) is 0.381. The predicted octanol–water partition coefficient (Wildman–Crippen LogP) is 2.91. The summed E-state index contributed by atoms with van der Waals surface area (Å²) in [5.74, 6) is 0.347. The number of carbonyl (C=O) groups is 1. The van der Waals surface area contributed by atoms with Gasteiger partial charge in [-0.2, -0.15) is 0 Å². The molecular weight excluding hydrogens is 428 g/mol. The number of ether oxygens (including phenoxy) is 2. The summed E-state index contributed by atoms with van der Waals surface area (Å²) in [6.07, 6.45) is 1.58. The fourth-order valence-corrected chi connectivity index (χ4v) is 4.67. The first-order valence-electron chi connectivity index (χ1n) is 9.74. The van der Waals surface area contributed by atoms with Gasteiger partial charge in [0.1, 0.15) is 17.3 Å².